The van der Waals surface area contributed by atoms with Gasteiger partial charge in [-0.15, -0.1) is 0 Å². The molecule has 0 saturated heterocycles. The van der Waals surface area contributed by atoms with Crippen LogP contribution in [0.25, 0.3) is 17.7 Å². The summed E-state index contributed by atoms with van der Waals surface area (Å²) in [6.07, 6.45) is 33.3. The van der Waals surface area contributed by atoms with Gasteiger partial charge in [-0.3, -0.25) is 9.89 Å². The van der Waals surface area contributed by atoms with Crippen molar-refractivity contribution in [2.45, 2.75) is 39.3 Å². The average molecular weight is 567 g/mol. The summed E-state index contributed by atoms with van der Waals surface area (Å²) >= 11 is 0. The lowest BCUT2D eigenvalue weighted by atomic mass is 9.89. The van der Waals surface area contributed by atoms with Gasteiger partial charge in [0.15, 0.2) is 0 Å². The van der Waals surface area contributed by atoms with Gasteiger partial charge in [-0.2, -0.15) is 0 Å². The molecule has 0 fully saturated rings. The Kier molecular flexibility index (Phi) is 12.9. The van der Waals surface area contributed by atoms with Gasteiger partial charge in [0.1, 0.15) is 6.17 Å². The van der Waals surface area contributed by atoms with Crippen molar-refractivity contribution in [2.75, 3.05) is 13.1 Å². The predicted molar refractivity (Wildman–Crippen MR) is 193 cm³/mol. The lowest BCUT2D eigenvalue weighted by molar-refractivity contribution is 0.258. The molecule has 0 radical (unpaired) electrons. The van der Waals surface area contributed by atoms with Gasteiger partial charge in [0, 0.05) is 12.1 Å². The van der Waals surface area contributed by atoms with E-state index < -0.39 is 0 Å². The normalized spacial score (nSPS) is 19.1. The van der Waals surface area contributed by atoms with Crippen LogP contribution in [0.3, 0.4) is 0 Å². The van der Waals surface area contributed by atoms with Crippen LogP contribution in [0.4, 0.5) is 0 Å². The molecule has 0 aromatic heterocycles. The van der Waals surface area contributed by atoms with E-state index in [1.54, 1.807) is 6.08 Å². The smallest absolute Gasteiger partial charge is 0.102 e. The number of nitrogens with zero attached hydrogens (tertiary/aromatic N) is 2. The monoisotopic (exact) mass is 566 g/mol. The van der Waals surface area contributed by atoms with Crippen LogP contribution in [0.15, 0.2) is 158 Å². The third-order valence-electron chi connectivity index (χ3n) is 7.68. The number of hydrogen-bond acceptors (Lipinski definition) is 2. The Hall–Kier alpha value is -4.53. The molecule has 3 rings (SSSR count). The second-order valence-electron chi connectivity index (χ2n) is 10.4. The summed E-state index contributed by atoms with van der Waals surface area (Å²) in [5.74, 6) is 0. The molecule has 1 aromatic carbocycles. The van der Waals surface area contributed by atoms with Crippen LogP contribution in [0, 0.1) is 0 Å². The van der Waals surface area contributed by atoms with Gasteiger partial charge in [-0.05, 0) is 70.4 Å². The fraction of sp³-hybridized carbons (Fsp3) is 0.195. The molecule has 1 heterocycles. The third kappa shape index (κ3) is 8.50. The molecule has 2 aliphatic rings. The van der Waals surface area contributed by atoms with Gasteiger partial charge in [-0.1, -0.05) is 157 Å². The molecule has 0 amide bonds. The van der Waals surface area contributed by atoms with Crippen LogP contribution in [0.1, 0.15) is 55.4 Å². The Morgan fingerprint density at radius 3 is 2.28 bits per heavy atom. The zero-order valence-electron chi connectivity index (χ0n) is 26.1. The Morgan fingerprint density at radius 1 is 0.953 bits per heavy atom. The quantitative estimate of drug-likeness (QED) is 0.205. The highest BCUT2D eigenvalue weighted by atomic mass is 15.3. The number of hydrogen-bond donors (Lipinski definition) is 0. The Balaban J connectivity index is 1.82. The first-order valence-corrected chi connectivity index (χ1v) is 15.1. The van der Waals surface area contributed by atoms with Crippen molar-refractivity contribution in [2.24, 2.45) is 4.99 Å². The van der Waals surface area contributed by atoms with Crippen molar-refractivity contribution in [3.63, 3.8) is 0 Å². The molecule has 0 bridgehead atoms. The standard InChI is InChI=1S/C41H46N2/c1-9-21-33(32(8)29-35-26-20-19-23-31(35)7)24-17-15-16-18-25-34(22-10-2)38-27-28-39(37(12-4)36(38)11-3)40-30-43(14-6)41(13-5)42-40/h9-12,15-19,21-25,27-29,41H,1-4,7-8,13-14,20,26,30H2,5-6H3/b16-15-,24-17+,25-18+,33-21-,34-22-,35-29-. The van der Waals surface area contributed by atoms with E-state index in [4.69, 9.17) is 4.99 Å². The summed E-state index contributed by atoms with van der Waals surface area (Å²) in [6.45, 7) is 30.8. The van der Waals surface area contributed by atoms with Crippen LogP contribution in [0.5, 0.6) is 0 Å². The van der Waals surface area contributed by atoms with Crippen molar-refractivity contribution in [1.29, 1.82) is 0 Å². The molecular formula is C41H46N2. The Morgan fingerprint density at radius 2 is 1.67 bits per heavy atom. The summed E-state index contributed by atoms with van der Waals surface area (Å²) < 4.78 is 0. The molecule has 43 heavy (non-hydrogen) atoms. The van der Waals surface area contributed by atoms with E-state index in [-0.39, 0.29) is 6.17 Å². The van der Waals surface area contributed by atoms with E-state index in [0.29, 0.717) is 0 Å². The summed E-state index contributed by atoms with van der Waals surface area (Å²) in [5.41, 5.74) is 10.7. The minimum absolute atomic E-state index is 0.234. The molecule has 1 atom stereocenters. The molecule has 1 aliphatic carbocycles. The highest BCUT2D eigenvalue weighted by molar-refractivity contribution is 6.07. The van der Waals surface area contributed by atoms with Gasteiger partial charge in [-0.25, -0.2) is 0 Å². The summed E-state index contributed by atoms with van der Waals surface area (Å²) in [6, 6.07) is 4.33. The van der Waals surface area contributed by atoms with Gasteiger partial charge in [0.25, 0.3) is 0 Å². The van der Waals surface area contributed by atoms with Crippen molar-refractivity contribution in [3.05, 3.63) is 175 Å². The fourth-order valence-electron chi connectivity index (χ4n) is 5.40. The average Bonchev–Trinajstić information content (AvgIpc) is 3.45. The molecule has 2 nitrogen and oxygen atoms in total. The second-order valence-corrected chi connectivity index (χ2v) is 10.4. The van der Waals surface area contributed by atoms with E-state index in [1.807, 2.05) is 60.8 Å². The summed E-state index contributed by atoms with van der Waals surface area (Å²) in [4.78, 5) is 7.45. The van der Waals surface area contributed by atoms with Crippen LogP contribution in [-0.4, -0.2) is 29.9 Å². The zero-order valence-corrected chi connectivity index (χ0v) is 26.1. The lowest BCUT2D eigenvalue weighted by Crippen LogP contribution is -2.30. The van der Waals surface area contributed by atoms with E-state index in [2.05, 4.69) is 94.7 Å². The number of benzene rings is 1. The maximum atomic E-state index is 5.04. The summed E-state index contributed by atoms with van der Waals surface area (Å²) in [7, 11) is 0. The molecule has 220 valence electrons. The largest absolute Gasteiger partial charge is 0.276 e. The first-order valence-electron chi connectivity index (χ1n) is 15.1. The molecule has 0 saturated carbocycles. The van der Waals surface area contributed by atoms with Gasteiger partial charge in [0.05, 0.1) is 5.71 Å². The number of likely N-dealkylation sites (N-methyl/N-ethyl adjacent to an activating group) is 1. The lowest BCUT2D eigenvalue weighted by Gasteiger charge is -2.19. The van der Waals surface area contributed by atoms with Crippen molar-refractivity contribution < 1.29 is 0 Å². The maximum Gasteiger partial charge on any atom is 0.102 e. The number of aliphatic imine (C=N–C) groups is 1. The SMILES string of the molecule is C=C/C=C(/C=C/C=C\C=C\C(=C\C=C)c1ccc(C2=NC(CC)N(CC)C2)c(C=C)c1C=C)C(=C)/C=C1/CCC=CC1=C. The summed E-state index contributed by atoms with van der Waals surface area (Å²) in [5, 5.41) is 0. The Bertz CT molecular complexity index is 1510. The molecular weight excluding hydrogens is 520 g/mol. The van der Waals surface area contributed by atoms with E-state index >= 15 is 0 Å². The zero-order chi connectivity index (χ0) is 31.2. The highest BCUT2D eigenvalue weighted by Gasteiger charge is 2.26. The van der Waals surface area contributed by atoms with Gasteiger partial charge < -0.3 is 0 Å². The molecule has 1 unspecified atom stereocenters. The first kappa shape index (κ1) is 33.0. The highest BCUT2D eigenvalue weighted by Crippen LogP contribution is 2.31. The molecule has 1 aromatic rings. The van der Waals surface area contributed by atoms with Crippen molar-refractivity contribution in [3.8, 4) is 0 Å². The molecule has 0 N–H and O–H groups in total. The van der Waals surface area contributed by atoms with Gasteiger partial charge >= 0.3 is 0 Å². The van der Waals surface area contributed by atoms with Crippen LogP contribution >= 0.6 is 0 Å². The minimum Gasteiger partial charge on any atom is -0.276 e. The minimum atomic E-state index is 0.234. The topological polar surface area (TPSA) is 15.6 Å². The van der Waals surface area contributed by atoms with E-state index in [0.717, 1.165) is 82.6 Å². The second kappa shape index (κ2) is 16.8. The van der Waals surface area contributed by atoms with Crippen LogP contribution in [-0.2, 0) is 0 Å². The molecule has 2 heteroatoms. The van der Waals surface area contributed by atoms with E-state index in [1.165, 1.54) is 5.57 Å². The van der Waals surface area contributed by atoms with E-state index in [9.17, 15) is 0 Å². The predicted octanol–water partition coefficient (Wildman–Crippen LogP) is 10.6. The van der Waals surface area contributed by atoms with Crippen molar-refractivity contribution in [1.82, 2.24) is 4.90 Å². The number of rotatable bonds is 14. The Labute approximate surface area is 260 Å². The van der Waals surface area contributed by atoms with Crippen molar-refractivity contribution >= 4 is 23.4 Å². The maximum absolute atomic E-state index is 5.04. The molecule has 1 aliphatic heterocycles. The fourth-order valence-corrected chi connectivity index (χ4v) is 5.40. The molecule has 0 spiro atoms. The van der Waals surface area contributed by atoms with Crippen LogP contribution < -0.4 is 0 Å². The van der Waals surface area contributed by atoms with Gasteiger partial charge in [0.2, 0.25) is 0 Å². The third-order valence-corrected chi connectivity index (χ3v) is 7.68. The first-order chi connectivity index (χ1) is 20.9. The number of allylic oxidation sites excluding steroid dienone is 18. The van der Waals surface area contributed by atoms with Crippen LogP contribution in [0.2, 0.25) is 0 Å².